The minimum absolute atomic E-state index is 0.0819. The van der Waals surface area contributed by atoms with Crippen LogP contribution in [0.5, 0.6) is 0 Å². The molecule has 0 radical (unpaired) electrons. The molecule has 0 aliphatic rings. The molecule has 0 heterocycles. The van der Waals surface area contributed by atoms with E-state index in [0.29, 0.717) is 13.0 Å². The standard InChI is InChI=1S/C26H52O3/c1-4-5-6-7-8-9-10-11-12-13-14-15-16-17-18-19-20-21-22-23-26(27)29-25(2)24-28-3/h25H,4-24H2,1-3H3. The van der Waals surface area contributed by atoms with E-state index in [1.165, 1.54) is 109 Å². The summed E-state index contributed by atoms with van der Waals surface area (Å²) in [4.78, 5) is 11.6. The summed E-state index contributed by atoms with van der Waals surface area (Å²) in [6, 6.07) is 0. The molecule has 0 aromatic rings. The maximum absolute atomic E-state index is 11.6. The molecule has 0 fully saturated rings. The maximum atomic E-state index is 11.6. The average Bonchev–Trinajstić information content (AvgIpc) is 2.70. The molecule has 1 unspecified atom stereocenters. The van der Waals surface area contributed by atoms with Gasteiger partial charge in [-0.15, -0.1) is 0 Å². The van der Waals surface area contributed by atoms with Gasteiger partial charge in [-0.2, -0.15) is 0 Å². The molecule has 29 heavy (non-hydrogen) atoms. The highest BCUT2D eigenvalue weighted by atomic mass is 16.6. The van der Waals surface area contributed by atoms with Crippen molar-refractivity contribution < 1.29 is 14.3 Å². The second-order valence-electron chi connectivity index (χ2n) is 8.87. The smallest absolute Gasteiger partial charge is 0.306 e. The van der Waals surface area contributed by atoms with Gasteiger partial charge in [-0.3, -0.25) is 4.79 Å². The van der Waals surface area contributed by atoms with E-state index in [4.69, 9.17) is 9.47 Å². The summed E-state index contributed by atoms with van der Waals surface area (Å²) in [6.45, 7) is 4.64. The Kier molecular flexibility index (Phi) is 23.2. The van der Waals surface area contributed by atoms with E-state index in [-0.39, 0.29) is 12.1 Å². The number of esters is 1. The van der Waals surface area contributed by atoms with Gasteiger partial charge in [0.1, 0.15) is 6.10 Å². The minimum Gasteiger partial charge on any atom is -0.460 e. The molecular formula is C26H52O3. The van der Waals surface area contributed by atoms with E-state index in [9.17, 15) is 4.79 Å². The van der Waals surface area contributed by atoms with Crippen molar-refractivity contribution in [1.29, 1.82) is 0 Å². The lowest BCUT2D eigenvalue weighted by molar-refractivity contribution is -0.150. The van der Waals surface area contributed by atoms with Crippen molar-refractivity contribution >= 4 is 5.97 Å². The van der Waals surface area contributed by atoms with Gasteiger partial charge < -0.3 is 9.47 Å². The van der Waals surface area contributed by atoms with Crippen LogP contribution in [0.3, 0.4) is 0 Å². The van der Waals surface area contributed by atoms with Gasteiger partial charge in [-0.1, -0.05) is 122 Å². The number of unbranched alkanes of at least 4 members (excludes halogenated alkanes) is 18. The summed E-state index contributed by atoms with van der Waals surface area (Å²) in [5.41, 5.74) is 0. The molecule has 0 saturated heterocycles. The van der Waals surface area contributed by atoms with Crippen molar-refractivity contribution in [2.75, 3.05) is 13.7 Å². The number of methoxy groups -OCH3 is 1. The van der Waals surface area contributed by atoms with Crippen LogP contribution in [0, 0.1) is 0 Å². The Labute approximate surface area is 182 Å². The van der Waals surface area contributed by atoms with E-state index in [1.54, 1.807) is 7.11 Å². The average molecular weight is 413 g/mol. The predicted molar refractivity (Wildman–Crippen MR) is 125 cm³/mol. The molecule has 0 saturated carbocycles. The Morgan fingerprint density at radius 3 is 1.31 bits per heavy atom. The number of hydrogen-bond acceptors (Lipinski definition) is 3. The van der Waals surface area contributed by atoms with Crippen LogP contribution in [0.2, 0.25) is 0 Å². The van der Waals surface area contributed by atoms with Crippen molar-refractivity contribution in [1.82, 2.24) is 0 Å². The molecule has 3 heteroatoms. The lowest BCUT2D eigenvalue weighted by atomic mass is 10.0. The van der Waals surface area contributed by atoms with Crippen LogP contribution in [0.1, 0.15) is 142 Å². The van der Waals surface area contributed by atoms with Crippen LogP contribution in [-0.2, 0) is 14.3 Å². The highest BCUT2D eigenvalue weighted by Crippen LogP contribution is 2.15. The van der Waals surface area contributed by atoms with E-state index < -0.39 is 0 Å². The third-order valence-corrected chi connectivity index (χ3v) is 5.72. The van der Waals surface area contributed by atoms with Crippen LogP contribution in [0.15, 0.2) is 0 Å². The minimum atomic E-state index is -0.132. The highest BCUT2D eigenvalue weighted by molar-refractivity contribution is 5.69. The van der Waals surface area contributed by atoms with Crippen LogP contribution >= 0.6 is 0 Å². The number of hydrogen-bond donors (Lipinski definition) is 0. The third-order valence-electron chi connectivity index (χ3n) is 5.72. The van der Waals surface area contributed by atoms with Gasteiger partial charge in [-0.25, -0.2) is 0 Å². The molecule has 0 spiro atoms. The maximum Gasteiger partial charge on any atom is 0.306 e. The Balaban J connectivity index is 3.12. The molecule has 1 atom stereocenters. The van der Waals surface area contributed by atoms with Gasteiger partial charge >= 0.3 is 5.97 Å². The van der Waals surface area contributed by atoms with Gasteiger partial charge in [-0.05, 0) is 13.3 Å². The highest BCUT2D eigenvalue weighted by Gasteiger charge is 2.08. The lowest BCUT2D eigenvalue weighted by Gasteiger charge is -2.11. The molecule has 0 aliphatic heterocycles. The van der Waals surface area contributed by atoms with Crippen molar-refractivity contribution in [2.45, 2.75) is 148 Å². The molecule has 0 aliphatic carbocycles. The van der Waals surface area contributed by atoms with Crippen LogP contribution in [-0.4, -0.2) is 25.8 Å². The summed E-state index contributed by atoms with van der Waals surface area (Å²) in [5, 5.41) is 0. The summed E-state index contributed by atoms with van der Waals surface area (Å²) in [7, 11) is 1.63. The fraction of sp³-hybridized carbons (Fsp3) is 0.962. The SMILES string of the molecule is CCCCCCCCCCCCCCCCCCCCCC(=O)OC(C)COC. The second-order valence-corrected chi connectivity index (χ2v) is 8.87. The van der Waals surface area contributed by atoms with Crippen molar-refractivity contribution in [3.8, 4) is 0 Å². The Morgan fingerprint density at radius 1 is 0.621 bits per heavy atom. The first-order valence-corrected chi connectivity index (χ1v) is 12.9. The normalized spacial score (nSPS) is 12.2. The fourth-order valence-electron chi connectivity index (χ4n) is 3.90. The van der Waals surface area contributed by atoms with E-state index in [2.05, 4.69) is 6.92 Å². The lowest BCUT2D eigenvalue weighted by Crippen LogP contribution is -2.19. The molecular weight excluding hydrogens is 360 g/mol. The Bertz CT molecular complexity index is 330. The molecule has 0 bridgehead atoms. The topological polar surface area (TPSA) is 35.5 Å². The van der Waals surface area contributed by atoms with Crippen molar-refractivity contribution in [3.63, 3.8) is 0 Å². The van der Waals surface area contributed by atoms with Gasteiger partial charge in [0.05, 0.1) is 6.61 Å². The van der Waals surface area contributed by atoms with Gasteiger partial charge in [0.2, 0.25) is 0 Å². The number of carbonyl (C=O) groups is 1. The summed E-state index contributed by atoms with van der Waals surface area (Å²) < 4.78 is 10.2. The van der Waals surface area contributed by atoms with Crippen LogP contribution in [0.25, 0.3) is 0 Å². The molecule has 0 rings (SSSR count). The van der Waals surface area contributed by atoms with Crippen molar-refractivity contribution in [3.05, 3.63) is 0 Å². The fourth-order valence-corrected chi connectivity index (χ4v) is 3.90. The van der Waals surface area contributed by atoms with E-state index in [0.717, 1.165) is 12.8 Å². The number of rotatable bonds is 23. The van der Waals surface area contributed by atoms with E-state index in [1.807, 2.05) is 6.92 Å². The Hall–Kier alpha value is -0.570. The van der Waals surface area contributed by atoms with Crippen LogP contribution in [0.4, 0.5) is 0 Å². The molecule has 0 aromatic carbocycles. The van der Waals surface area contributed by atoms with Gasteiger partial charge in [0, 0.05) is 13.5 Å². The largest absolute Gasteiger partial charge is 0.460 e. The van der Waals surface area contributed by atoms with Gasteiger partial charge in [0.25, 0.3) is 0 Å². The van der Waals surface area contributed by atoms with E-state index >= 15 is 0 Å². The number of ether oxygens (including phenoxy) is 2. The zero-order valence-electron chi connectivity index (χ0n) is 20.2. The van der Waals surface area contributed by atoms with Gasteiger partial charge in [0.15, 0.2) is 0 Å². The molecule has 174 valence electrons. The summed E-state index contributed by atoms with van der Waals surface area (Å²) in [5.74, 6) is -0.0819. The first-order valence-electron chi connectivity index (χ1n) is 12.9. The third kappa shape index (κ3) is 23.6. The molecule has 3 nitrogen and oxygen atoms in total. The Morgan fingerprint density at radius 2 is 0.966 bits per heavy atom. The second kappa shape index (κ2) is 23.7. The quantitative estimate of drug-likeness (QED) is 0.125. The summed E-state index contributed by atoms with van der Waals surface area (Å²) in [6.07, 6.45) is 26.4. The zero-order valence-corrected chi connectivity index (χ0v) is 20.2. The summed E-state index contributed by atoms with van der Waals surface area (Å²) >= 11 is 0. The first kappa shape index (κ1) is 28.4. The zero-order chi connectivity index (χ0) is 21.4. The molecule has 0 amide bonds. The molecule has 0 aromatic heterocycles. The van der Waals surface area contributed by atoms with Crippen LogP contribution < -0.4 is 0 Å². The monoisotopic (exact) mass is 412 g/mol. The predicted octanol–water partition coefficient (Wildman–Crippen LogP) is 8.39. The van der Waals surface area contributed by atoms with Crippen molar-refractivity contribution in [2.24, 2.45) is 0 Å². The number of carbonyl (C=O) groups excluding carboxylic acids is 1. The first-order chi connectivity index (χ1) is 14.2. The molecule has 0 N–H and O–H groups in total.